The maximum atomic E-state index is 10.8. The molecule has 0 aromatic rings. The van der Waals surface area contributed by atoms with Crippen molar-refractivity contribution in [3.8, 4) is 0 Å². The molecule has 0 saturated carbocycles. The highest BCUT2D eigenvalue weighted by Crippen LogP contribution is 1.81. The quantitative estimate of drug-likeness (QED) is 0.410. The van der Waals surface area contributed by atoms with Crippen LogP contribution in [0.15, 0.2) is 10.2 Å². The summed E-state index contributed by atoms with van der Waals surface area (Å²) in [6.07, 6.45) is 0.876. The first-order valence-corrected chi connectivity index (χ1v) is 4.71. The summed E-state index contributed by atoms with van der Waals surface area (Å²) in [5.74, 6) is 0. The second-order valence-corrected chi connectivity index (χ2v) is 2.80. The van der Waals surface area contributed by atoms with Gasteiger partial charge in [-0.25, -0.2) is 4.79 Å². The normalized spacial score (nSPS) is 10.1. The molecule has 0 rings (SSSR count). The van der Waals surface area contributed by atoms with Gasteiger partial charge in [-0.15, -0.1) is 5.11 Å². The van der Waals surface area contributed by atoms with Crippen molar-refractivity contribution in [2.24, 2.45) is 10.2 Å². The molecule has 8 heteroatoms. The van der Waals surface area contributed by atoms with Gasteiger partial charge in [0, 0.05) is 26.2 Å². The molecule has 0 atom stereocenters. The lowest BCUT2D eigenvalue weighted by molar-refractivity contribution is -0.118. The summed E-state index contributed by atoms with van der Waals surface area (Å²) >= 11 is 0. The molecule has 0 spiro atoms. The maximum Gasteiger partial charge on any atom is 0.359 e. The smallest absolute Gasteiger partial charge is 0.342 e. The SMILES string of the molecule is CNCCN(C=O)CCNC(=O)N=NC=O. The number of nitrogens with zero attached hydrogens (tertiary/aromatic N) is 3. The van der Waals surface area contributed by atoms with E-state index in [2.05, 4.69) is 20.9 Å². The molecule has 4 amide bonds. The van der Waals surface area contributed by atoms with Gasteiger partial charge in [0.05, 0.1) is 0 Å². The average molecular weight is 229 g/mol. The van der Waals surface area contributed by atoms with Crippen molar-refractivity contribution in [1.29, 1.82) is 0 Å². The highest BCUT2D eigenvalue weighted by molar-refractivity contribution is 5.75. The van der Waals surface area contributed by atoms with Gasteiger partial charge < -0.3 is 15.5 Å². The van der Waals surface area contributed by atoms with Crippen LogP contribution in [-0.2, 0) is 9.59 Å². The van der Waals surface area contributed by atoms with E-state index < -0.39 is 6.03 Å². The lowest BCUT2D eigenvalue weighted by Crippen LogP contribution is -2.36. The first kappa shape index (κ1) is 14.2. The third kappa shape index (κ3) is 7.56. The minimum absolute atomic E-state index is 0.171. The zero-order valence-corrected chi connectivity index (χ0v) is 9.05. The molecule has 0 bridgehead atoms. The zero-order valence-electron chi connectivity index (χ0n) is 9.05. The van der Waals surface area contributed by atoms with Crippen molar-refractivity contribution in [3.63, 3.8) is 0 Å². The molecule has 0 fully saturated rings. The predicted molar refractivity (Wildman–Crippen MR) is 55.9 cm³/mol. The molecule has 0 radical (unpaired) electrons. The van der Waals surface area contributed by atoms with Gasteiger partial charge in [-0.05, 0) is 7.05 Å². The molecule has 8 nitrogen and oxygen atoms in total. The van der Waals surface area contributed by atoms with E-state index in [0.717, 1.165) is 0 Å². The van der Waals surface area contributed by atoms with Gasteiger partial charge in [0.15, 0.2) is 0 Å². The van der Waals surface area contributed by atoms with Gasteiger partial charge in [-0.2, -0.15) is 0 Å². The van der Waals surface area contributed by atoms with E-state index >= 15 is 0 Å². The van der Waals surface area contributed by atoms with E-state index in [1.165, 1.54) is 4.90 Å². The van der Waals surface area contributed by atoms with Crippen LogP contribution in [0.25, 0.3) is 0 Å². The van der Waals surface area contributed by atoms with Crippen molar-refractivity contribution in [1.82, 2.24) is 15.5 Å². The Morgan fingerprint density at radius 2 is 2.00 bits per heavy atom. The Bertz CT molecular complexity index is 256. The van der Waals surface area contributed by atoms with Gasteiger partial charge in [0.1, 0.15) is 0 Å². The summed E-state index contributed by atoms with van der Waals surface area (Å²) in [7, 11) is 1.78. The molecular formula is C8H15N5O3. The Morgan fingerprint density at radius 3 is 2.56 bits per heavy atom. The van der Waals surface area contributed by atoms with Crippen LogP contribution < -0.4 is 10.6 Å². The van der Waals surface area contributed by atoms with E-state index in [1.807, 2.05) is 0 Å². The van der Waals surface area contributed by atoms with E-state index in [0.29, 0.717) is 26.0 Å². The topological polar surface area (TPSA) is 103 Å². The number of carbonyl (C=O) groups excluding carboxylic acids is 3. The zero-order chi connectivity index (χ0) is 12.2. The first-order valence-electron chi connectivity index (χ1n) is 4.71. The van der Waals surface area contributed by atoms with E-state index in [4.69, 9.17) is 0 Å². The number of azo groups is 1. The predicted octanol–water partition coefficient (Wildman–Crippen LogP) is -1.02. The second kappa shape index (κ2) is 9.71. The fourth-order valence-corrected chi connectivity index (χ4v) is 0.890. The molecule has 0 aromatic carbocycles. The van der Waals surface area contributed by atoms with Crippen LogP contribution in [0.2, 0.25) is 0 Å². The molecule has 0 aromatic heterocycles. The van der Waals surface area contributed by atoms with Crippen LogP contribution in [0.5, 0.6) is 0 Å². The molecular weight excluding hydrogens is 214 g/mol. The molecule has 0 aliphatic heterocycles. The van der Waals surface area contributed by atoms with Crippen LogP contribution >= 0.6 is 0 Å². The number of hydrogen-bond donors (Lipinski definition) is 2. The van der Waals surface area contributed by atoms with Crippen LogP contribution in [0.3, 0.4) is 0 Å². The summed E-state index contributed by atoms with van der Waals surface area (Å²) < 4.78 is 0. The van der Waals surface area contributed by atoms with E-state index in [-0.39, 0.29) is 13.0 Å². The number of urea groups is 1. The summed E-state index contributed by atoms with van der Waals surface area (Å²) in [5.41, 5.74) is 0. The van der Waals surface area contributed by atoms with Crippen LogP contribution in [-0.4, -0.2) is 57.0 Å². The third-order valence-corrected chi connectivity index (χ3v) is 1.67. The molecule has 0 aliphatic rings. The monoisotopic (exact) mass is 229 g/mol. The largest absolute Gasteiger partial charge is 0.359 e. The average Bonchev–Trinajstić information content (AvgIpc) is 2.30. The Balaban J connectivity index is 3.68. The number of nitrogens with one attached hydrogen (secondary N) is 2. The standard InChI is InChI=1S/C8H15N5O3/c1-9-2-4-13(7-15)5-3-10-8(16)12-11-6-14/h6-7,9H,2-5H2,1H3,(H,10,16). The Kier molecular flexibility index (Phi) is 8.60. The Morgan fingerprint density at radius 1 is 1.31 bits per heavy atom. The van der Waals surface area contributed by atoms with Crippen molar-refractivity contribution < 1.29 is 14.4 Å². The van der Waals surface area contributed by atoms with Gasteiger partial charge in [-0.3, -0.25) is 9.59 Å². The molecule has 0 saturated heterocycles. The Labute approximate surface area is 93.1 Å². The third-order valence-electron chi connectivity index (χ3n) is 1.67. The molecule has 90 valence electrons. The van der Waals surface area contributed by atoms with Crippen LogP contribution in [0.4, 0.5) is 4.79 Å². The summed E-state index contributed by atoms with van der Waals surface area (Å²) in [4.78, 5) is 32.7. The molecule has 0 aliphatic carbocycles. The molecule has 0 heterocycles. The van der Waals surface area contributed by atoms with Gasteiger partial charge in [-0.1, -0.05) is 5.11 Å². The van der Waals surface area contributed by atoms with Crippen molar-refractivity contribution in [2.45, 2.75) is 0 Å². The number of rotatable bonds is 8. The highest BCUT2D eigenvalue weighted by atomic mass is 16.2. The number of carbonyl (C=O) groups is 3. The fraction of sp³-hybridized carbons (Fsp3) is 0.625. The summed E-state index contributed by atoms with van der Waals surface area (Å²) in [5, 5.41) is 11.2. The molecule has 2 N–H and O–H groups in total. The lowest BCUT2D eigenvalue weighted by Gasteiger charge is -2.16. The number of likely N-dealkylation sites (N-methyl/N-ethyl adjacent to an activating group) is 1. The van der Waals surface area contributed by atoms with Crippen LogP contribution in [0.1, 0.15) is 0 Å². The minimum atomic E-state index is -0.702. The van der Waals surface area contributed by atoms with Gasteiger partial charge in [0.25, 0.3) is 6.41 Å². The maximum absolute atomic E-state index is 10.8. The highest BCUT2D eigenvalue weighted by Gasteiger charge is 2.01. The number of amides is 4. The van der Waals surface area contributed by atoms with Crippen LogP contribution in [0, 0.1) is 0 Å². The Hall–Kier alpha value is -1.83. The molecule has 16 heavy (non-hydrogen) atoms. The van der Waals surface area contributed by atoms with Gasteiger partial charge >= 0.3 is 6.03 Å². The number of hydrogen-bond acceptors (Lipinski definition) is 4. The van der Waals surface area contributed by atoms with E-state index in [1.54, 1.807) is 7.05 Å². The van der Waals surface area contributed by atoms with Crippen molar-refractivity contribution in [2.75, 3.05) is 33.2 Å². The van der Waals surface area contributed by atoms with Gasteiger partial charge in [0.2, 0.25) is 6.41 Å². The van der Waals surface area contributed by atoms with E-state index in [9.17, 15) is 14.4 Å². The summed E-state index contributed by atoms with van der Waals surface area (Å²) in [6, 6.07) is -0.702. The summed E-state index contributed by atoms with van der Waals surface area (Å²) in [6.45, 7) is 1.88. The van der Waals surface area contributed by atoms with Crippen molar-refractivity contribution >= 4 is 18.9 Å². The molecule has 0 unspecified atom stereocenters. The first-order chi connectivity index (χ1) is 7.74. The van der Waals surface area contributed by atoms with Crippen molar-refractivity contribution in [3.05, 3.63) is 0 Å². The fourth-order valence-electron chi connectivity index (χ4n) is 0.890. The lowest BCUT2D eigenvalue weighted by atomic mass is 10.5. The minimum Gasteiger partial charge on any atom is -0.342 e. The second-order valence-electron chi connectivity index (χ2n) is 2.80.